The van der Waals surface area contributed by atoms with Gasteiger partial charge in [-0.3, -0.25) is 14.4 Å². The fourth-order valence-electron chi connectivity index (χ4n) is 4.98. The minimum Gasteiger partial charge on any atom is -0.507 e. The average Bonchev–Trinajstić information content (AvgIpc) is 2.83. The molecule has 1 fully saturated rings. The summed E-state index contributed by atoms with van der Waals surface area (Å²) in [7, 11) is 0. The SMILES string of the molecule is CC(=O)C1Cc2c(O)c3c(c(O)c2C(O)C1)C(=O)c1ccccc1C3=O.CC1OCCC(N)C1O. The molecular formula is C26H29NO8. The highest BCUT2D eigenvalue weighted by Crippen LogP contribution is 2.49. The smallest absolute Gasteiger partial charge is 0.198 e. The number of aliphatic hydroxyl groups excluding tert-OH is 2. The van der Waals surface area contributed by atoms with Crippen LogP contribution in [0.1, 0.15) is 75.8 Å². The molecule has 1 aliphatic heterocycles. The summed E-state index contributed by atoms with van der Waals surface area (Å²) in [6, 6.07) is 6.10. The van der Waals surface area contributed by atoms with E-state index in [1.165, 1.54) is 19.1 Å². The number of fused-ring (bicyclic) bond motifs is 3. The van der Waals surface area contributed by atoms with Gasteiger partial charge in [-0.2, -0.15) is 0 Å². The van der Waals surface area contributed by atoms with E-state index in [0.29, 0.717) is 6.61 Å². The molecule has 186 valence electrons. The first-order chi connectivity index (χ1) is 16.5. The predicted octanol–water partition coefficient (Wildman–Crippen LogP) is 1.54. The molecule has 3 aliphatic rings. The molecule has 0 bridgehead atoms. The summed E-state index contributed by atoms with van der Waals surface area (Å²) >= 11 is 0. The van der Waals surface area contributed by atoms with E-state index >= 15 is 0 Å². The molecule has 0 amide bonds. The average molecular weight is 484 g/mol. The summed E-state index contributed by atoms with van der Waals surface area (Å²) in [5, 5.41) is 41.0. The normalized spacial score (nSPS) is 27.2. The third-order valence-electron chi connectivity index (χ3n) is 7.08. The molecule has 5 rings (SSSR count). The van der Waals surface area contributed by atoms with Crippen LogP contribution < -0.4 is 5.73 Å². The van der Waals surface area contributed by atoms with Gasteiger partial charge in [-0.05, 0) is 33.1 Å². The maximum atomic E-state index is 12.9. The highest BCUT2D eigenvalue weighted by atomic mass is 16.5. The van der Waals surface area contributed by atoms with E-state index < -0.39 is 41.2 Å². The van der Waals surface area contributed by atoms with Crippen LogP contribution in [-0.2, 0) is 16.0 Å². The van der Waals surface area contributed by atoms with Crippen molar-refractivity contribution in [3.8, 4) is 11.5 Å². The van der Waals surface area contributed by atoms with Gasteiger partial charge in [0.05, 0.1) is 29.4 Å². The van der Waals surface area contributed by atoms with Gasteiger partial charge >= 0.3 is 0 Å². The lowest BCUT2D eigenvalue weighted by atomic mass is 9.74. The third-order valence-corrected chi connectivity index (χ3v) is 7.08. The first kappa shape index (κ1) is 25.0. The number of nitrogens with two attached hydrogens (primary N) is 1. The number of ether oxygens (including phenoxy) is 1. The van der Waals surface area contributed by atoms with Crippen molar-refractivity contribution in [3.63, 3.8) is 0 Å². The number of hydrogen-bond donors (Lipinski definition) is 5. The number of carbonyl (C=O) groups is 3. The zero-order valence-corrected chi connectivity index (χ0v) is 19.5. The van der Waals surface area contributed by atoms with Crippen molar-refractivity contribution >= 4 is 17.3 Å². The second-order valence-corrected chi connectivity index (χ2v) is 9.33. The van der Waals surface area contributed by atoms with E-state index in [2.05, 4.69) is 0 Å². The van der Waals surface area contributed by atoms with Gasteiger partial charge in [0.25, 0.3) is 0 Å². The summed E-state index contributed by atoms with van der Waals surface area (Å²) < 4.78 is 5.13. The van der Waals surface area contributed by atoms with Gasteiger partial charge in [-0.1, -0.05) is 24.3 Å². The van der Waals surface area contributed by atoms with Crippen LogP contribution in [0.4, 0.5) is 0 Å². The number of carbonyl (C=O) groups excluding carboxylic acids is 3. The van der Waals surface area contributed by atoms with Crippen molar-refractivity contribution in [2.45, 2.75) is 57.5 Å². The Morgan fingerprint density at radius 1 is 1.03 bits per heavy atom. The monoisotopic (exact) mass is 483 g/mol. The molecular weight excluding hydrogens is 454 g/mol. The van der Waals surface area contributed by atoms with Gasteiger partial charge in [0.2, 0.25) is 0 Å². The first-order valence-electron chi connectivity index (χ1n) is 11.6. The van der Waals surface area contributed by atoms with Gasteiger partial charge in [0, 0.05) is 40.8 Å². The fourth-order valence-corrected chi connectivity index (χ4v) is 4.98. The molecule has 1 heterocycles. The predicted molar refractivity (Wildman–Crippen MR) is 125 cm³/mol. The van der Waals surface area contributed by atoms with Crippen LogP contribution in [0, 0.1) is 5.92 Å². The highest BCUT2D eigenvalue weighted by molar-refractivity contribution is 6.30. The van der Waals surface area contributed by atoms with E-state index in [-0.39, 0.29) is 64.2 Å². The van der Waals surface area contributed by atoms with E-state index in [4.69, 9.17) is 10.5 Å². The number of rotatable bonds is 1. The summed E-state index contributed by atoms with van der Waals surface area (Å²) in [4.78, 5) is 37.4. The third kappa shape index (κ3) is 4.25. The summed E-state index contributed by atoms with van der Waals surface area (Å²) in [5.74, 6) is -2.75. The van der Waals surface area contributed by atoms with Crippen molar-refractivity contribution in [1.29, 1.82) is 0 Å². The molecule has 5 unspecified atom stereocenters. The zero-order valence-electron chi connectivity index (χ0n) is 19.5. The Bertz CT molecular complexity index is 1200. The van der Waals surface area contributed by atoms with Crippen molar-refractivity contribution in [2.24, 2.45) is 11.7 Å². The summed E-state index contributed by atoms with van der Waals surface area (Å²) in [6.45, 7) is 3.91. The Hall–Kier alpha value is -3.11. The van der Waals surface area contributed by atoms with Gasteiger partial charge in [-0.15, -0.1) is 0 Å². The molecule has 0 radical (unpaired) electrons. The molecule has 2 aromatic carbocycles. The molecule has 9 nitrogen and oxygen atoms in total. The zero-order chi connectivity index (χ0) is 25.6. The lowest BCUT2D eigenvalue weighted by molar-refractivity contribution is -0.122. The maximum Gasteiger partial charge on any atom is 0.198 e. The molecule has 5 atom stereocenters. The molecule has 0 aromatic heterocycles. The van der Waals surface area contributed by atoms with Crippen LogP contribution in [0.25, 0.3) is 0 Å². The summed E-state index contributed by atoms with van der Waals surface area (Å²) in [5.41, 5.74) is 5.47. The number of aliphatic hydroxyl groups is 2. The van der Waals surface area contributed by atoms with Gasteiger partial charge in [0.1, 0.15) is 17.3 Å². The summed E-state index contributed by atoms with van der Waals surface area (Å²) in [6.07, 6.45) is -0.813. The first-order valence-corrected chi connectivity index (χ1v) is 11.6. The van der Waals surface area contributed by atoms with Gasteiger partial charge < -0.3 is 30.9 Å². The Balaban J connectivity index is 0.000000271. The molecule has 0 spiro atoms. The number of phenols is 2. The van der Waals surface area contributed by atoms with E-state index in [1.807, 2.05) is 6.92 Å². The molecule has 9 heteroatoms. The minimum atomic E-state index is -1.20. The van der Waals surface area contributed by atoms with Gasteiger partial charge in [-0.25, -0.2) is 0 Å². The lowest BCUT2D eigenvalue weighted by Crippen LogP contribution is -2.47. The highest BCUT2D eigenvalue weighted by Gasteiger charge is 2.41. The van der Waals surface area contributed by atoms with Crippen molar-refractivity contribution < 1.29 is 39.5 Å². The Morgan fingerprint density at radius 2 is 1.60 bits per heavy atom. The van der Waals surface area contributed by atoms with Crippen LogP contribution in [0.5, 0.6) is 11.5 Å². The number of aromatic hydroxyl groups is 2. The van der Waals surface area contributed by atoms with Crippen LogP contribution in [0.15, 0.2) is 24.3 Å². The molecule has 2 aliphatic carbocycles. The number of benzene rings is 2. The van der Waals surface area contributed by atoms with Crippen LogP contribution in [0.2, 0.25) is 0 Å². The Labute approximate surface area is 202 Å². The molecule has 35 heavy (non-hydrogen) atoms. The lowest BCUT2D eigenvalue weighted by Gasteiger charge is -2.31. The Kier molecular flexibility index (Phi) is 6.79. The van der Waals surface area contributed by atoms with Gasteiger partial charge in [0.15, 0.2) is 11.6 Å². The largest absolute Gasteiger partial charge is 0.507 e. The fraction of sp³-hybridized carbons (Fsp3) is 0.423. The molecule has 6 N–H and O–H groups in total. The van der Waals surface area contributed by atoms with Crippen LogP contribution >= 0.6 is 0 Å². The Morgan fingerprint density at radius 3 is 2.11 bits per heavy atom. The van der Waals surface area contributed by atoms with E-state index in [9.17, 15) is 34.8 Å². The quantitative estimate of drug-likeness (QED) is 0.323. The molecule has 1 saturated heterocycles. The minimum absolute atomic E-state index is 0.0271. The topological polar surface area (TPSA) is 167 Å². The number of hydrogen-bond acceptors (Lipinski definition) is 9. The number of ketones is 3. The van der Waals surface area contributed by atoms with Crippen LogP contribution in [-0.4, -0.2) is 62.6 Å². The van der Waals surface area contributed by atoms with E-state index in [0.717, 1.165) is 6.42 Å². The van der Waals surface area contributed by atoms with E-state index in [1.54, 1.807) is 12.1 Å². The van der Waals surface area contributed by atoms with Crippen molar-refractivity contribution in [3.05, 3.63) is 57.6 Å². The second kappa shape index (κ2) is 9.50. The second-order valence-electron chi connectivity index (χ2n) is 9.33. The van der Waals surface area contributed by atoms with Crippen molar-refractivity contribution in [1.82, 2.24) is 0 Å². The molecule has 2 aromatic rings. The van der Waals surface area contributed by atoms with Crippen molar-refractivity contribution in [2.75, 3.05) is 6.61 Å². The van der Waals surface area contributed by atoms with Crippen LogP contribution in [0.3, 0.4) is 0 Å². The number of Topliss-reactive ketones (excluding diaryl/α,β-unsaturated/α-hetero) is 1. The molecule has 0 saturated carbocycles. The maximum absolute atomic E-state index is 12.9. The standard InChI is InChI=1S/C20H16O6.C6H13NO2/c1-8(21)9-6-12-14(13(22)7-9)20(26)16-15(19(12)25)17(23)10-4-2-3-5-11(10)18(16)24;1-4-6(8)5(7)2-3-9-4/h2-5,9,13,22,25-26H,6-7H2,1H3;4-6,8H,2-3,7H2,1H3. The number of phenolic OH excluding ortho intramolecular Hbond substituents is 2.